The molecule has 0 saturated carbocycles. The topological polar surface area (TPSA) is 12.0 Å². The SMILES string of the molecule is C#CC(C)(C)NCc1ccc(Br)s1. The number of nitrogens with one attached hydrogen (secondary N) is 1. The molecule has 1 aromatic heterocycles. The quantitative estimate of drug-likeness (QED) is 0.822. The Morgan fingerprint density at radius 3 is 2.77 bits per heavy atom. The molecule has 1 nitrogen and oxygen atoms in total. The Morgan fingerprint density at radius 1 is 1.62 bits per heavy atom. The van der Waals surface area contributed by atoms with E-state index in [1.807, 2.05) is 19.9 Å². The number of rotatable bonds is 3. The molecule has 0 bridgehead atoms. The van der Waals surface area contributed by atoms with E-state index >= 15 is 0 Å². The third kappa shape index (κ3) is 3.51. The smallest absolute Gasteiger partial charge is 0.0744 e. The van der Waals surface area contributed by atoms with Crippen molar-refractivity contribution in [1.82, 2.24) is 5.32 Å². The molecule has 0 aromatic carbocycles. The molecule has 1 N–H and O–H groups in total. The van der Waals surface area contributed by atoms with Crippen LogP contribution in [0.15, 0.2) is 15.9 Å². The van der Waals surface area contributed by atoms with Gasteiger partial charge in [0.25, 0.3) is 0 Å². The summed E-state index contributed by atoms with van der Waals surface area (Å²) in [7, 11) is 0. The van der Waals surface area contributed by atoms with Crippen LogP contribution in [0.2, 0.25) is 0 Å². The molecule has 0 aliphatic rings. The van der Waals surface area contributed by atoms with Gasteiger partial charge >= 0.3 is 0 Å². The molecule has 0 fully saturated rings. The average Bonchev–Trinajstić information content (AvgIpc) is 2.48. The van der Waals surface area contributed by atoms with Crippen LogP contribution in [-0.4, -0.2) is 5.54 Å². The van der Waals surface area contributed by atoms with E-state index < -0.39 is 0 Å². The first kappa shape index (κ1) is 10.8. The van der Waals surface area contributed by atoms with Crippen molar-refractivity contribution >= 4 is 27.3 Å². The minimum absolute atomic E-state index is 0.226. The second-order valence-corrected chi connectivity index (χ2v) is 5.88. The van der Waals surface area contributed by atoms with Gasteiger partial charge < -0.3 is 0 Å². The van der Waals surface area contributed by atoms with Gasteiger partial charge in [0, 0.05) is 11.4 Å². The average molecular weight is 258 g/mol. The zero-order valence-electron chi connectivity index (χ0n) is 7.73. The van der Waals surface area contributed by atoms with Gasteiger partial charge in [0.15, 0.2) is 0 Å². The molecule has 0 aliphatic carbocycles. The third-order valence-corrected chi connectivity index (χ3v) is 3.32. The van der Waals surface area contributed by atoms with E-state index in [2.05, 4.69) is 33.2 Å². The summed E-state index contributed by atoms with van der Waals surface area (Å²) in [6, 6.07) is 4.14. The maximum Gasteiger partial charge on any atom is 0.0744 e. The monoisotopic (exact) mass is 257 g/mol. The highest BCUT2D eigenvalue weighted by atomic mass is 79.9. The van der Waals surface area contributed by atoms with E-state index in [1.54, 1.807) is 11.3 Å². The van der Waals surface area contributed by atoms with Crippen LogP contribution in [0.4, 0.5) is 0 Å². The largest absolute Gasteiger partial charge is 0.297 e. The van der Waals surface area contributed by atoms with Crippen LogP contribution < -0.4 is 5.32 Å². The molecular weight excluding hydrogens is 246 g/mol. The third-order valence-electron chi connectivity index (χ3n) is 1.69. The predicted molar refractivity (Wildman–Crippen MR) is 61.8 cm³/mol. The van der Waals surface area contributed by atoms with E-state index in [0.717, 1.165) is 10.3 Å². The molecule has 0 unspecified atom stereocenters. The Balaban J connectivity index is 2.49. The maximum absolute atomic E-state index is 5.36. The van der Waals surface area contributed by atoms with Gasteiger partial charge in [0.05, 0.1) is 9.33 Å². The molecule has 0 aliphatic heterocycles. The van der Waals surface area contributed by atoms with Crippen LogP contribution in [0.5, 0.6) is 0 Å². The maximum atomic E-state index is 5.36. The lowest BCUT2D eigenvalue weighted by atomic mass is 10.1. The number of hydrogen-bond acceptors (Lipinski definition) is 2. The van der Waals surface area contributed by atoms with E-state index in [1.165, 1.54) is 4.88 Å². The van der Waals surface area contributed by atoms with E-state index in [4.69, 9.17) is 6.42 Å². The van der Waals surface area contributed by atoms with Gasteiger partial charge in [-0.15, -0.1) is 17.8 Å². The summed E-state index contributed by atoms with van der Waals surface area (Å²) in [5.74, 6) is 2.70. The van der Waals surface area contributed by atoms with Crippen molar-refractivity contribution in [3.63, 3.8) is 0 Å². The lowest BCUT2D eigenvalue weighted by Gasteiger charge is -2.18. The fourth-order valence-corrected chi connectivity index (χ4v) is 2.23. The van der Waals surface area contributed by atoms with Crippen LogP contribution in [-0.2, 0) is 6.54 Å². The van der Waals surface area contributed by atoms with Crippen molar-refractivity contribution in [3.05, 3.63) is 20.8 Å². The highest BCUT2D eigenvalue weighted by Crippen LogP contribution is 2.22. The summed E-state index contributed by atoms with van der Waals surface area (Å²) < 4.78 is 1.16. The molecule has 0 atom stereocenters. The molecule has 0 spiro atoms. The first-order chi connectivity index (χ1) is 6.03. The summed E-state index contributed by atoms with van der Waals surface area (Å²) in [5.41, 5.74) is -0.226. The van der Waals surface area contributed by atoms with Crippen LogP contribution in [0.25, 0.3) is 0 Å². The second-order valence-electron chi connectivity index (χ2n) is 3.33. The van der Waals surface area contributed by atoms with E-state index in [-0.39, 0.29) is 5.54 Å². The summed E-state index contributed by atoms with van der Waals surface area (Å²) in [6.07, 6.45) is 5.36. The molecule has 3 heteroatoms. The van der Waals surface area contributed by atoms with Gasteiger partial charge in [-0.2, -0.15) is 0 Å². The highest BCUT2D eigenvalue weighted by molar-refractivity contribution is 9.11. The van der Waals surface area contributed by atoms with Crippen molar-refractivity contribution in [2.75, 3.05) is 0 Å². The molecular formula is C10H12BrNS. The van der Waals surface area contributed by atoms with Gasteiger partial charge in [0.1, 0.15) is 0 Å². The lowest BCUT2D eigenvalue weighted by molar-refractivity contribution is 0.494. The minimum atomic E-state index is -0.226. The Labute approximate surface area is 91.7 Å². The first-order valence-corrected chi connectivity index (χ1v) is 5.61. The highest BCUT2D eigenvalue weighted by Gasteiger charge is 2.12. The minimum Gasteiger partial charge on any atom is -0.297 e. The standard InChI is InChI=1S/C10H12BrNS/c1-4-10(2,3)12-7-8-5-6-9(11)13-8/h1,5-6,12H,7H2,2-3H3. The number of hydrogen-bond donors (Lipinski definition) is 1. The van der Waals surface area contributed by atoms with Crippen molar-refractivity contribution in [3.8, 4) is 12.3 Å². The fourth-order valence-electron chi connectivity index (χ4n) is 0.806. The van der Waals surface area contributed by atoms with Crippen LogP contribution in [0.3, 0.4) is 0 Å². The number of terminal acetylenes is 1. The van der Waals surface area contributed by atoms with Gasteiger partial charge in [-0.05, 0) is 41.9 Å². The lowest BCUT2D eigenvalue weighted by Crippen LogP contribution is -2.36. The molecule has 1 aromatic rings. The predicted octanol–water partition coefficient (Wildman–Crippen LogP) is 3.01. The number of halogens is 1. The van der Waals surface area contributed by atoms with Crippen molar-refractivity contribution in [2.45, 2.75) is 25.9 Å². The molecule has 0 saturated heterocycles. The Hall–Kier alpha value is -0.300. The van der Waals surface area contributed by atoms with Crippen molar-refractivity contribution in [2.24, 2.45) is 0 Å². The van der Waals surface area contributed by atoms with Gasteiger partial charge in [0.2, 0.25) is 0 Å². The zero-order chi connectivity index (χ0) is 9.90. The van der Waals surface area contributed by atoms with Crippen LogP contribution in [0.1, 0.15) is 18.7 Å². The molecule has 1 rings (SSSR count). The fraction of sp³-hybridized carbons (Fsp3) is 0.400. The Morgan fingerprint density at radius 2 is 2.31 bits per heavy atom. The van der Waals surface area contributed by atoms with Gasteiger partial charge in [-0.25, -0.2) is 0 Å². The van der Waals surface area contributed by atoms with Gasteiger partial charge in [-0.1, -0.05) is 5.92 Å². The molecule has 1 heterocycles. The molecule has 0 amide bonds. The zero-order valence-corrected chi connectivity index (χ0v) is 10.1. The number of thiophene rings is 1. The van der Waals surface area contributed by atoms with E-state index in [0.29, 0.717) is 0 Å². The van der Waals surface area contributed by atoms with Crippen molar-refractivity contribution < 1.29 is 0 Å². The van der Waals surface area contributed by atoms with E-state index in [9.17, 15) is 0 Å². The molecule has 0 radical (unpaired) electrons. The summed E-state index contributed by atoms with van der Waals surface area (Å²) in [6.45, 7) is 4.82. The second kappa shape index (κ2) is 4.28. The molecule has 13 heavy (non-hydrogen) atoms. The summed E-state index contributed by atoms with van der Waals surface area (Å²) >= 11 is 5.14. The first-order valence-electron chi connectivity index (χ1n) is 4.00. The van der Waals surface area contributed by atoms with Crippen molar-refractivity contribution in [1.29, 1.82) is 0 Å². The summed E-state index contributed by atoms with van der Waals surface area (Å²) in [5, 5.41) is 3.29. The van der Waals surface area contributed by atoms with Crippen LogP contribution in [0, 0.1) is 12.3 Å². The Kier molecular flexibility index (Phi) is 3.55. The molecule has 70 valence electrons. The van der Waals surface area contributed by atoms with Gasteiger partial charge in [-0.3, -0.25) is 5.32 Å². The Bertz CT molecular complexity index is 322. The van der Waals surface area contributed by atoms with Crippen LogP contribution >= 0.6 is 27.3 Å². The summed E-state index contributed by atoms with van der Waals surface area (Å²) in [4.78, 5) is 1.29. The normalized spacial score (nSPS) is 11.2.